The van der Waals surface area contributed by atoms with Crippen molar-refractivity contribution in [3.8, 4) is 0 Å². The standard InChI is InChI=1S/C17H34N2O7/c1-9-16(7,12-17(8,10-2)26-19(23)24)13(25-18(21)22)14(3,4)11-15(5,6)20/h13,20H,9-12H2,1-8H3. The largest absolute Gasteiger partial charge is 0.390 e. The van der Waals surface area contributed by atoms with Crippen LogP contribution in [0.5, 0.6) is 0 Å². The Morgan fingerprint density at radius 3 is 1.73 bits per heavy atom. The van der Waals surface area contributed by atoms with E-state index in [0.717, 1.165) is 0 Å². The van der Waals surface area contributed by atoms with E-state index in [1.807, 2.05) is 13.8 Å². The fourth-order valence-corrected chi connectivity index (χ4v) is 4.17. The Morgan fingerprint density at radius 1 is 0.923 bits per heavy atom. The molecule has 0 bridgehead atoms. The average molecular weight is 378 g/mol. The van der Waals surface area contributed by atoms with E-state index < -0.39 is 38.3 Å². The second-order valence-electron chi connectivity index (χ2n) is 8.99. The summed E-state index contributed by atoms with van der Waals surface area (Å²) in [6, 6.07) is 0. The van der Waals surface area contributed by atoms with Gasteiger partial charge in [-0.25, -0.2) is 0 Å². The topological polar surface area (TPSA) is 125 Å². The summed E-state index contributed by atoms with van der Waals surface area (Å²) in [7, 11) is 0. The molecule has 0 saturated carbocycles. The van der Waals surface area contributed by atoms with E-state index >= 15 is 0 Å². The van der Waals surface area contributed by atoms with Crippen molar-refractivity contribution in [2.45, 2.75) is 98.4 Å². The molecule has 0 heterocycles. The third kappa shape index (κ3) is 7.31. The molecule has 0 aromatic heterocycles. The summed E-state index contributed by atoms with van der Waals surface area (Å²) >= 11 is 0. The quantitative estimate of drug-likeness (QED) is 0.403. The first-order valence-electron chi connectivity index (χ1n) is 8.87. The van der Waals surface area contributed by atoms with Gasteiger partial charge in [-0.05, 0) is 57.3 Å². The number of hydrogen-bond acceptors (Lipinski definition) is 7. The maximum atomic E-state index is 11.2. The molecule has 9 nitrogen and oxygen atoms in total. The van der Waals surface area contributed by atoms with Crippen molar-refractivity contribution >= 4 is 0 Å². The summed E-state index contributed by atoms with van der Waals surface area (Å²) in [5.41, 5.74) is -3.71. The molecule has 0 fully saturated rings. The van der Waals surface area contributed by atoms with Crippen LogP contribution in [0, 0.1) is 31.1 Å². The third-order valence-electron chi connectivity index (χ3n) is 5.05. The molecule has 3 atom stereocenters. The molecule has 0 aliphatic carbocycles. The minimum Gasteiger partial charge on any atom is -0.390 e. The lowest BCUT2D eigenvalue weighted by molar-refractivity contribution is -0.785. The van der Waals surface area contributed by atoms with Crippen molar-refractivity contribution in [1.82, 2.24) is 0 Å². The highest BCUT2D eigenvalue weighted by molar-refractivity contribution is 4.97. The van der Waals surface area contributed by atoms with Gasteiger partial charge in [0.25, 0.3) is 10.2 Å². The predicted octanol–water partition coefficient (Wildman–Crippen LogP) is 3.93. The van der Waals surface area contributed by atoms with E-state index in [4.69, 9.17) is 9.68 Å². The number of aliphatic hydroxyl groups is 1. The van der Waals surface area contributed by atoms with Crippen molar-refractivity contribution in [2.75, 3.05) is 0 Å². The highest BCUT2D eigenvalue weighted by Gasteiger charge is 2.50. The maximum absolute atomic E-state index is 11.2. The van der Waals surface area contributed by atoms with Gasteiger partial charge >= 0.3 is 0 Å². The lowest BCUT2D eigenvalue weighted by Gasteiger charge is -2.48. The van der Waals surface area contributed by atoms with Gasteiger partial charge < -0.3 is 14.8 Å². The van der Waals surface area contributed by atoms with Gasteiger partial charge in [0.05, 0.1) is 5.60 Å². The molecule has 9 heteroatoms. The minimum atomic E-state index is -1.10. The molecular weight excluding hydrogens is 344 g/mol. The molecule has 0 rings (SSSR count). The van der Waals surface area contributed by atoms with E-state index in [0.29, 0.717) is 12.8 Å². The van der Waals surface area contributed by atoms with Gasteiger partial charge in [0.2, 0.25) is 0 Å². The van der Waals surface area contributed by atoms with Crippen LogP contribution in [-0.4, -0.2) is 32.6 Å². The van der Waals surface area contributed by atoms with Crippen molar-refractivity contribution < 1.29 is 25.0 Å². The molecule has 0 amide bonds. The number of nitrogens with zero attached hydrogens (tertiary/aromatic N) is 2. The van der Waals surface area contributed by atoms with Gasteiger partial charge in [0, 0.05) is 0 Å². The van der Waals surface area contributed by atoms with Crippen LogP contribution in [0.4, 0.5) is 0 Å². The zero-order valence-electron chi connectivity index (χ0n) is 17.2. The van der Waals surface area contributed by atoms with Crippen LogP contribution in [0.1, 0.15) is 81.1 Å². The van der Waals surface area contributed by atoms with Crippen LogP contribution in [0.3, 0.4) is 0 Å². The Labute approximate surface area is 155 Å². The Kier molecular flexibility index (Phi) is 7.84. The van der Waals surface area contributed by atoms with E-state index in [-0.39, 0.29) is 12.8 Å². The van der Waals surface area contributed by atoms with Crippen LogP contribution in [0.2, 0.25) is 0 Å². The Morgan fingerprint density at radius 2 is 1.42 bits per heavy atom. The molecule has 154 valence electrons. The smallest absolute Gasteiger partial charge is 0.295 e. The van der Waals surface area contributed by atoms with Gasteiger partial charge in [0.15, 0.2) is 0 Å². The molecule has 0 aliphatic heterocycles. The lowest BCUT2D eigenvalue weighted by atomic mass is 9.62. The molecule has 3 unspecified atom stereocenters. The minimum absolute atomic E-state index is 0.196. The molecule has 0 aromatic rings. The van der Waals surface area contributed by atoms with Crippen LogP contribution in [-0.2, 0) is 9.68 Å². The molecule has 0 radical (unpaired) electrons. The van der Waals surface area contributed by atoms with Crippen molar-refractivity contribution in [2.24, 2.45) is 10.8 Å². The fourth-order valence-electron chi connectivity index (χ4n) is 4.17. The lowest BCUT2D eigenvalue weighted by Crippen LogP contribution is -2.51. The van der Waals surface area contributed by atoms with Crippen LogP contribution in [0.15, 0.2) is 0 Å². The molecule has 0 aromatic carbocycles. The third-order valence-corrected chi connectivity index (χ3v) is 5.05. The first-order valence-corrected chi connectivity index (χ1v) is 8.87. The molecular formula is C17H34N2O7. The summed E-state index contributed by atoms with van der Waals surface area (Å²) in [4.78, 5) is 32.1. The Bertz CT molecular complexity index is 504. The zero-order valence-corrected chi connectivity index (χ0v) is 17.2. The van der Waals surface area contributed by atoms with E-state index in [9.17, 15) is 25.3 Å². The Balaban J connectivity index is 5.98. The fraction of sp³-hybridized carbons (Fsp3) is 1.00. The monoisotopic (exact) mass is 378 g/mol. The SMILES string of the molecule is CCC(C)(CC(C)(CC)C(O[N+](=O)[O-])C(C)(C)CC(C)(C)O)O[N+](=O)[O-]. The van der Waals surface area contributed by atoms with Crippen LogP contribution < -0.4 is 0 Å². The zero-order chi connectivity index (χ0) is 21.0. The summed E-state index contributed by atoms with van der Waals surface area (Å²) in [6.45, 7) is 13.9. The van der Waals surface area contributed by atoms with Gasteiger partial charge in [0.1, 0.15) is 11.7 Å². The molecule has 1 N–H and O–H groups in total. The highest BCUT2D eigenvalue weighted by atomic mass is 17.0. The van der Waals surface area contributed by atoms with Gasteiger partial charge in [-0.3, -0.25) is 0 Å². The second kappa shape index (κ2) is 8.37. The maximum Gasteiger partial charge on any atom is 0.295 e. The van der Waals surface area contributed by atoms with E-state index in [1.165, 1.54) is 0 Å². The van der Waals surface area contributed by atoms with Gasteiger partial charge in [-0.15, -0.1) is 20.2 Å². The molecule has 0 aliphatic rings. The van der Waals surface area contributed by atoms with E-state index in [1.54, 1.807) is 41.5 Å². The second-order valence-corrected chi connectivity index (χ2v) is 8.99. The summed E-state index contributed by atoms with van der Waals surface area (Å²) in [5, 5.41) is 30.6. The summed E-state index contributed by atoms with van der Waals surface area (Å²) in [6.07, 6.45) is 0.412. The highest BCUT2D eigenvalue weighted by Crippen LogP contribution is 2.48. The first kappa shape index (κ1) is 24.4. The average Bonchev–Trinajstić information content (AvgIpc) is 2.40. The number of hydrogen-bond donors (Lipinski definition) is 1. The summed E-state index contributed by atoms with van der Waals surface area (Å²) in [5.74, 6) is 0. The van der Waals surface area contributed by atoms with Crippen LogP contribution in [0.25, 0.3) is 0 Å². The predicted molar refractivity (Wildman–Crippen MR) is 96.4 cm³/mol. The molecule has 0 spiro atoms. The molecule has 26 heavy (non-hydrogen) atoms. The van der Waals surface area contributed by atoms with Crippen molar-refractivity contribution in [1.29, 1.82) is 0 Å². The van der Waals surface area contributed by atoms with Crippen LogP contribution >= 0.6 is 0 Å². The van der Waals surface area contributed by atoms with Crippen molar-refractivity contribution in [3.05, 3.63) is 20.2 Å². The summed E-state index contributed by atoms with van der Waals surface area (Å²) < 4.78 is 0. The van der Waals surface area contributed by atoms with Gasteiger partial charge in [-0.1, -0.05) is 34.6 Å². The first-order chi connectivity index (χ1) is 11.5. The normalized spacial score (nSPS) is 18.3. The Hall–Kier alpha value is -1.64. The van der Waals surface area contributed by atoms with Gasteiger partial charge in [-0.2, -0.15) is 0 Å². The van der Waals surface area contributed by atoms with Crippen molar-refractivity contribution in [3.63, 3.8) is 0 Å². The molecule has 0 saturated heterocycles. The van der Waals surface area contributed by atoms with E-state index in [2.05, 4.69) is 0 Å². The number of rotatable bonds is 12.